The normalized spacial score (nSPS) is 19.7. The molecule has 0 saturated carbocycles. The summed E-state index contributed by atoms with van der Waals surface area (Å²) in [6.07, 6.45) is 0.0437. The minimum absolute atomic E-state index is 0.0437. The van der Waals surface area contributed by atoms with E-state index in [0.29, 0.717) is 22.4 Å². The highest BCUT2D eigenvalue weighted by atomic mass is 35.5. The van der Waals surface area contributed by atoms with Crippen molar-refractivity contribution in [2.75, 3.05) is 11.9 Å². The molecule has 0 unspecified atom stereocenters. The van der Waals surface area contributed by atoms with Crippen molar-refractivity contribution < 1.29 is 9.59 Å². The van der Waals surface area contributed by atoms with Gasteiger partial charge in [0, 0.05) is 13.0 Å². The number of rotatable bonds is 4. The Labute approximate surface area is 136 Å². The fraction of sp³-hybridized carbons (Fsp3) is 0.308. The van der Waals surface area contributed by atoms with Gasteiger partial charge in [0.2, 0.25) is 11.8 Å². The number of benzene rings is 1. The Morgan fingerprint density at radius 2 is 2.24 bits per heavy atom. The third kappa shape index (κ3) is 4.12. The van der Waals surface area contributed by atoms with Crippen LogP contribution in [0.3, 0.4) is 0 Å². The molecule has 1 aliphatic heterocycles. The van der Waals surface area contributed by atoms with E-state index < -0.39 is 5.25 Å². The number of thioether (sulfide) groups is 1. The lowest BCUT2D eigenvalue weighted by atomic mass is 10.2. The zero-order valence-electron chi connectivity index (χ0n) is 11.2. The van der Waals surface area contributed by atoms with Crippen molar-refractivity contribution >= 4 is 57.6 Å². The van der Waals surface area contributed by atoms with Crippen molar-refractivity contribution in [3.63, 3.8) is 0 Å². The molecule has 1 aromatic carbocycles. The van der Waals surface area contributed by atoms with E-state index >= 15 is 0 Å². The highest BCUT2D eigenvalue weighted by Crippen LogP contribution is 2.30. The predicted molar refractivity (Wildman–Crippen MR) is 87.2 cm³/mol. The van der Waals surface area contributed by atoms with E-state index in [1.54, 1.807) is 18.2 Å². The summed E-state index contributed by atoms with van der Waals surface area (Å²) in [7, 11) is 0. The number of hydrogen-bond acceptors (Lipinski definition) is 4. The summed E-state index contributed by atoms with van der Waals surface area (Å²) in [5.74, 6) is -0.510. The molecule has 1 aliphatic rings. The summed E-state index contributed by atoms with van der Waals surface area (Å²) in [4.78, 5) is 27.8. The van der Waals surface area contributed by atoms with Gasteiger partial charge in [-0.3, -0.25) is 14.6 Å². The Bertz CT molecular complexity index is 607. The van der Waals surface area contributed by atoms with Gasteiger partial charge in [0.25, 0.3) is 0 Å². The molecule has 1 saturated heterocycles. The van der Waals surface area contributed by atoms with Gasteiger partial charge >= 0.3 is 0 Å². The maximum atomic E-state index is 12.0. The Morgan fingerprint density at radius 1 is 1.48 bits per heavy atom. The van der Waals surface area contributed by atoms with Gasteiger partial charge in [-0.25, -0.2) is 0 Å². The molecule has 0 bridgehead atoms. The summed E-state index contributed by atoms with van der Waals surface area (Å²) < 4.78 is 0. The maximum Gasteiger partial charge on any atom is 0.240 e. The molecule has 0 radical (unpaired) electrons. The Balaban J connectivity index is 1.98. The summed E-state index contributed by atoms with van der Waals surface area (Å²) >= 11 is 13.1. The first-order valence-electron chi connectivity index (χ1n) is 6.27. The second-order valence-electron chi connectivity index (χ2n) is 4.23. The van der Waals surface area contributed by atoms with Gasteiger partial charge in [-0.1, -0.05) is 41.0 Å². The first-order chi connectivity index (χ1) is 10.0. The maximum absolute atomic E-state index is 12.0. The summed E-state index contributed by atoms with van der Waals surface area (Å²) in [5.41, 5.74) is 0.431. The van der Waals surface area contributed by atoms with Crippen LogP contribution in [-0.4, -0.2) is 28.8 Å². The number of amidine groups is 1. The second-order valence-corrected chi connectivity index (χ2v) is 6.21. The van der Waals surface area contributed by atoms with E-state index in [2.05, 4.69) is 15.6 Å². The number of aliphatic imine (C=N–C) groups is 1. The molecule has 2 amide bonds. The van der Waals surface area contributed by atoms with E-state index in [-0.39, 0.29) is 23.3 Å². The van der Waals surface area contributed by atoms with Crippen molar-refractivity contribution in [1.29, 1.82) is 0 Å². The average Bonchev–Trinajstić information content (AvgIpc) is 2.76. The fourth-order valence-electron chi connectivity index (χ4n) is 1.73. The molecule has 1 aromatic rings. The van der Waals surface area contributed by atoms with Crippen LogP contribution in [0.4, 0.5) is 5.69 Å². The van der Waals surface area contributed by atoms with Crippen LogP contribution < -0.4 is 10.6 Å². The average molecular weight is 346 g/mol. The number of carbonyl (C=O) groups excluding carboxylic acids is 2. The molecule has 8 heteroatoms. The first kappa shape index (κ1) is 16.1. The van der Waals surface area contributed by atoms with Crippen LogP contribution in [0, 0.1) is 0 Å². The highest BCUT2D eigenvalue weighted by Gasteiger charge is 2.31. The third-order valence-corrected chi connectivity index (χ3v) is 4.61. The van der Waals surface area contributed by atoms with E-state index in [4.69, 9.17) is 23.2 Å². The third-order valence-electron chi connectivity index (χ3n) is 2.67. The molecule has 5 nitrogen and oxygen atoms in total. The van der Waals surface area contributed by atoms with Crippen molar-refractivity contribution in [3.8, 4) is 0 Å². The Morgan fingerprint density at radius 3 is 2.95 bits per heavy atom. The Kier molecular flexibility index (Phi) is 5.50. The zero-order chi connectivity index (χ0) is 15.4. The predicted octanol–water partition coefficient (Wildman–Crippen LogP) is 2.93. The first-order valence-corrected chi connectivity index (χ1v) is 7.90. The van der Waals surface area contributed by atoms with Crippen molar-refractivity contribution in [3.05, 3.63) is 28.2 Å². The number of amides is 2. The topological polar surface area (TPSA) is 70.6 Å². The zero-order valence-corrected chi connectivity index (χ0v) is 13.5. The van der Waals surface area contributed by atoms with Crippen LogP contribution in [-0.2, 0) is 9.59 Å². The molecule has 1 heterocycles. The van der Waals surface area contributed by atoms with E-state index in [9.17, 15) is 9.59 Å². The van der Waals surface area contributed by atoms with Crippen molar-refractivity contribution in [2.45, 2.75) is 18.6 Å². The fourth-order valence-corrected chi connectivity index (χ4v) is 3.11. The number of nitrogens with one attached hydrogen (secondary N) is 2. The second kappa shape index (κ2) is 7.15. The van der Waals surface area contributed by atoms with Gasteiger partial charge in [0.15, 0.2) is 5.17 Å². The lowest BCUT2D eigenvalue weighted by molar-refractivity contribution is -0.122. The lowest BCUT2D eigenvalue weighted by Gasteiger charge is -2.09. The molecule has 0 spiro atoms. The van der Waals surface area contributed by atoms with Crippen LogP contribution in [0.1, 0.15) is 13.3 Å². The standard InChI is InChI=1S/C13H13Cl2N3O2S/c1-2-16-13-18-12(20)9(21-13)6-10(19)17-8-5-3-4-7(14)11(8)15/h3-5,9H,2,6H2,1H3,(H,17,19)(H,16,18,20)/t9-/m0/s1. The smallest absolute Gasteiger partial charge is 0.240 e. The largest absolute Gasteiger partial charge is 0.325 e. The SMILES string of the molecule is CCN=C1NC(=O)[C@H](CC(=O)Nc2cccc(Cl)c2Cl)S1. The molecule has 2 N–H and O–H groups in total. The molecule has 0 aliphatic carbocycles. The Hall–Kier alpha value is -1.24. The van der Waals surface area contributed by atoms with Gasteiger partial charge in [-0.2, -0.15) is 0 Å². The van der Waals surface area contributed by atoms with Crippen LogP contribution in [0.2, 0.25) is 10.0 Å². The number of halogens is 2. The van der Waals surface area contributed by atoms with Crippen LogP contribution in [0.5, 0.6) is 0 Å². The number of nitrogens with zero attached hydrogens (tertiary/aromatic N) is 1. The molecule has 1 fully saturated rings. The molecule has 21 heavy (non-hydrogen) atoms. The highest BCUT2D eigenvalue weighted by molar-refractivity contribution is 8.15. The van der Waals surface area contributed by atoms with E-state index in [1.165, 1.54) is 11.8 Å². The van der Waals surface area contributed by atoms with E-state index in [1.807, 2.05) is 6.92 Å². The van der Waals surface area contributed by atoms with Crippen molar-refractivity contribution in [2.24, 2.45) is 4.99 Å². The van der Waals surface area contributed by atoms with Gasteiger partial charge in [-0.05, 0) is 19.1 Å². The minimum atomic E-state index is -0.478. The monoisotopic (exact) mass is 345 g/mol. The number of carbonyl (C=O) groups is 2. The molecule has 2 rings (SSSR count). The molecule has 1 atom stereocenters. The number of anilines is 1. The van der Waals surface area contributed by atoms with Gasteiger partial charge in [0.1, 0.15) is 5.25 Å². The van der Waals surface area contributed by atoms with Crippen LogP contribution in [0.25, 0.3) is 0 Å². The summed E-state index contributed by atoms with van der Waals surface area (Å²) in [6, 6.07) is 4.97. The number of hydrogen-bond donors (Lipinski definition) is 2. The van der Waals surface area contributed by atoms with Gasteiger partial charge in [-0.15, -0.1) is 0 Å². The molecule has 112 valence electrons. The van der Waals surface area contributed by atoms with E-state index in [0.717, 1.165) is 0 Å². The minimum Gasteiger partial charge on any atom is -0.325 e. The quantitative estimate of drug-likeness (QED) is 0.881. The van der Waals surface area contributed by atoms with Crippen LogP contribution >= 0.6 is 35.0 Å². The van der Waals surface area contributed by atoms with Gasteiger partial charge < -0.3 is 10.6 Å². The molecular weight excluding hydrogens is 333 g/mol. The lowest BCUT2D eigenvalue weighted by Crippen LogP contribution is -2.28. The molecular formula is C13H13Cl2N3O2S. The van der Waals surface area contributed by atoms with Gasteiger partial charge in [0.05, 0.1) is 15.7 Å². The summed E-state index contributed by atoms with van der Waals surface area (Å²) in [6.45, 7) is 2.46. The summed E-state index contributed by atoms with van der Waals surface area (Å²) in [5, 5.41) is 6.02. The van der Waals surface area contributed by atoms with Crippen LogP contribution in [0.15, 0.2) is 23.2 Å². The van der Waals surface area contributed by atoms with Crippen molar-refractivity contribution in [1.82, 2.24) is 5.32 Å². The molecule has 0 aromatic heterocycles.